The van der Waals surface area contributed by atoms with Crippen LogP contribution >= 0.6 is 15.9 Å². The first-order valence-electron chi connectivity index (χ1n) is 13.3. The highest BCUT2D eigenvalue weighted by atomic mass is 79.9. The number of hydrogen-bond acceptors (Lipinski definition) is 4. The second-order valence-corrected chi connectivity index (χ2v) is 13.0. The molecular formula is C31H38BrN3O4S. The molecule has 0 aliphatic rings. The summed E-state index contributed by atoms with van der Waals surface area (Å²) in [7, 11) is -3.81. The first kappa shape index (κ1) is 31.4. The highest BCUT2D eigenvalue weighted by molar-refractivity contribution is 9.10. The van der Waals surface area contributed by atoms with Gasteiger partial charge in [0, 0.05) is 23.5 Å². The van der Waals surface area contributed by atoms with Crippen LogP contribution < -0.4 is 9.62 Å². The van der Waals surface area contributed by atoms with Gasteiger partial charge in [0.25, 0.3) is 0 Å². The van der Waals surface area contributed by atoms with Gasteiger partial charge in [-0.3, -0.25) is 13.9 Å². The molecule has 0 saturated carbocycles. The number of carbonyl (C=O) groups excluding carboxylic acids is 2. The molecule has 9 heteroatoms. The van der Waals surface area contributed by atoms with Crippen molar-refractivity contribution < 1.29 is 18.0 Å². The Kier molecular flexibility index (Phi) is 10.9. The third-order valence-electron chi connectivity index (χ3n) is 6.97. The molecule has 0 fully saturated rings. The Morgan fingerprint density at radius 1 is 0.925 bits per heavy atom. The number of nitrogens with one attached hydrogen (secondary N) is 1. The molecule has 214 valence electrons. The zero-order valence-electron chi connectivity index (χ0n) is 23.7. The minimum absolute atomic E-state index is 0.0864. The number of hydrogen-bond donors (Lipinski definition) is 1. The normalized spacial score (nSPS) is 12.8. The van der Waals surface area contributed by atoms with Gasteiger partial charge in [0.05, 0.1) is 11.9 Å². The summed E-state index contributed by atoms with van der Waals surface area (Å²) in [5.41, 5.74) is 4.05. The van der Waals surface area contributed by atoms with Crippen molar-refractivity contribution in [1.82, 2.24) is 10.2 Å². The van der Waals surface area contributed by atoms with Crippen LogP contribution in [0.15, 0.2) is 77.3 Å². The van der Waals surface area contributed by atoms with Crippen LogP contribution in [0.2, 0.25) is 0 Å². The van der Waals surface area contributed by atoms with E-state index in [1.807, 2.05) is 88.4 Å². The van der Waals surface area contributed by atoms with Crippen molar-refractivity contribution in [2.75, 3.05) is 17.1 Å². The molecule has 0 heterocycles. The number of amides is 2. The van der Waals surface area contributed by atoms with Gasteiger partial charge in [-0.1, -0.05) is 71.4 Å². The third-order valence-corrected chi connectivity index (χ3v) is 8.61. The van der Waals surface area contributed by atoms with Crippen LogP contribution in [0, 0.1) is 13.8 Å². The highest BCUT2D eigenvalue weighted by Gasteiger charge is 2.33. The van der Waals surface area contributed by atoms with Gasteiger partial charge in [-0.05, 0) is 73.7 Å². The van der Waals surface area contributed by atoms with Crippen LogP contribution in [0.3, 0.4) is 0 Å². The Labute approximate surface area is 246 Å². The van der Waals surface area contributed by atoms with E-state index in [1.165, 1.54) is 4.90 Å². The molecule has 7 nitrogen and oxygen atoms in total. The minimum atomic E-state index is -3.81. The molecule has 3 aromatic rings. The summed E-state index contributed by atoms with van der Waals surface area (Å²) >= 11 is 3.49. The van der Waals surface area contributed by atoms with E-state index in [9.17, 15) is 18.0 Å². The van der Waals surface area contributed by atoms with Crippen molar-refractivity contribution in [3.63, 3.8) is 0 Å². The number of anilines is 1. The van der Waals surface area contributed by atoms with Crippen LogP contribution in [0.5, 0.6) is 0 Å². The summed E-state index contributed by atoms with van der Waals surface area (Å²) in [6, 6.07) is 21.4. The number of halogens is 1. The van der Waals surface area contributed by atoms with Crippen molar-refractivity contribution in [1.29, 1.82) is 0 Å². The predicted molar refractivity (Wildman–Crippen MR) is 165 cm³/mol. The second kappa shape index (κ2) is 13.9. The number of rotatable bonds is 12. The maximum atomic E-state index is 14.1. The van der Waals surface area contributed by atoms with Gasteiger partial charge in [-0.15, -0.1) is 0 Å². The van der Waals surface area contributed by atoms with Crippen LogP contribution in [-0.2, 0) is 32.6 Å². The van der Waals surface area contributed by atoms with Gasteiger partial charge >= 0.3 is 0 Å². The molecule has 0 bridgehead atoms. The van der Waals surface area contributed by atoms with Crippen molar-refractivity contribution in [3.8, 4) is 0 Å². The van der Waals surface area contributed by atoms with E-state index in [-0.39, 0.29) is 24.9 Å². The number of benzene rings is 3. The van der Waals surface area contributed by atoms with Crippen LogP contribution in [-0.4, -0.2) is 50.0 Å². The fourth-order valence-electron chi connectivity index (χ4n) is 4.32. The Morgan fingerprint density at radius 2 is 1.60 bits per heavy atom. The first-order valence-corrected chi connectivity index (χ1v) is 16.0. The summed E-state index contributed by atoms with van der Waals surface area (Å²) in [5, 5.41) is 3.04. The molecule has 3 aromatic carbocycles. The molecule has 2 atom stereocenters. The molecule has 3 rings (SSSR count). The van der Waals surface area contributed by atoms with E-state index in [1.54, 1.807) is 12.1 Å². The average molecular weight is 629 g/mol. The standard InChI is InChI=1S/C31H38BrN3O4S/c1-6-24(4)33-31(37)29(19-25-11-8-7-9-12-25)34(20-26-13-10-14-27(32)18-26)30(36)21-35(40(5,38)39)28-16-15-22(2)23(3)17-28/h7-18,24,29H,6,19-21H2,1-5H3,(H,33,37)/t24-,29-/m0/s1. The van der Waals surface area contributed by atoms with Crippen molar-refractivity contribution in [2.24, 2.45) is 0 Å². The monoisotopic (exact) mass is 627 g/mol. The minimum Gasteiger partial charge on any atom is -0.352 e. The number of nitrogens with zero attached hydrogens (tertiary/aromatic N) is 2. The molecule has 0 unspecified atom stereocenters. The zero-order chi connectivity index (χ0) is 29.4. The van der Waals surface area contributed by atoms with Gasteiger partial charge in [0.1, 0.15) is 12.6 Å². The molecule has 2 amide bonds. The second-order valence-electron chi connectivity index (χ2n) is 10.2. The average Bonchev–Trinajstić information content (AvgIpc) is 2.90. The Bertz CT molecular complexity index is 1430. The number of carbonyl (C=O) groups is 2. The lowest BCUT2D eigenvalue weighted by molar-refractivity contribution is -0.140. The van der Waals surface area contributed by atoms with Gasteiger partial charge < -0.3 is 10.2 Å². The smallest absolute Gasteiger partial charge is 0.244 e. The van der Waals surface area contributed by atoms with E-state index >= 15 is 0 Å². The molecule has 0 spiro atoms. The lowest BCUT2D eigenvalue weighted by Gasteiger charge is -2.34. The van der Waals surface area contributed by atoms with Crippen molar-refractivity contribution in [3.05, 3.63) is 99.5 Å². The lowest BCUT2D eigenvalue weighted by Crippen LogP contribution is -2.54. The van der Waals surface area contributed by atoms with E-state index in [0.29, 0.717) is 5.69 Å². The summed E-state index contributed by atoms with van der Waals surface area (Å²) in [5.74, 6) is -0.748. The Morgan fingerprint density at radius 3 is 2.20 bits per heavy atom. The van der Waals surface area contributed by atoms with Gasteiger partial charge in [0.2, 0.25) is 21.8 Å². The zero-order valence-corrected chi connectivity index (χ0v) is 26.1. The van der Waals surface area contributed by atoms with E-state index in [2.05, 4.69) is 21.2 Å². The van der Waals surface area contributed by atoms with E-state index < -0.39 is 28.5 Å². The summed E-state index contributed by atoms with van der Waals surface area (Å²) in [6.07, 6.45) is 2.11. The maximum Gasteiger partial charge on any atom is 0.244 e. The predicted octanol–water partition coefficient (Wildman–Crippen LogP) is 5.39. The number of sulfonamides is 1. The SMILES string of the molecule is CC[C@H](C)NC(=O)[C@H](Cc1ccccc1)N(Cc1cccc(Br)c1)C(=O)CN(c1ccc(C)c(C)c1)S(C)(=O)=O. The van der Waals surface area contributed by atoms with Crippen LogP contribution in [0.1, 0.15) is 42.5 Å². The van der Waals surface area contributed by atoms with E-state index in [0.717, 1.165) is 43.7 Å². The first-order chi connectivity index (χ1) is 18.9. The number of aryl methyl sites for hydroxylation is 2. The van der Waals surface area contributed by atoms with Gasteiger partial charge in [-0.25, -0.2) is 8.42 Å². The largest absolute Gasteiger partial charge is 0.352 e. The maximum absolute atomic E-state index is 14.1. The third kappa shape index (κ3) is 8.66. The Hall–Kier alpha value is -3.17. The topological polar surface area (TPSA) is 86.8 Å². The fourth-order valence-corrected chi connectivity index (χ4v) is 5.61. The quantitative estimate of drug-likeness (QED) is 0.292. The van der Waals surface area contributed by atoms with Crippen molar-refractivity contribution in [2.45, 2.75) is 59.2 Å². The van der Waals surface area contributed by atoms with Crippen molar-refractivity contribution >= 4 is 43.5 Å². The summed E-state index contributed by atoms with van der Waals surface area (Å²) in [6.45, 7) is 7.44. The molecule has 1 N–H and O–H groups in total. The molecule has 0 saturated heterocycles. The van der Waals surface area contributed by atoms with Gasteiger partial charge in [-0.2, -0.15) is 0 Å². The van der Waals surface area contributed by atoms with Gasteiger partial charge in [0.15, 0.2) is 0 Å². The fraction of sp³-hybridized carbons (Fsp3) is 0.355. The lowest BCUT2D eigenvalue weighted by atomic mass is 10.0. The van der Waals surface area contributed by atoms with Crippen LogP contribution in [0.25, 0.3) is 0 Å². The van der Waals surface area contributed by atoms with Crippen LogP contribution in [0.4, 0.5) is 5.69 Å². The molecular weight excluding hydrogens is 590 g/mol. The Balaban J connectivity index is 2.07. The highest BCUT2D eigenvalue weighted by Crippen LogP contribution is 2.23. The molecule has 40 heavy (non-hydrogen) atoms. The summed E-state index contributed by atoms with van der Waals surface area (Å²) < 4.78 is 27.8. The summed E-state index contributed by atoms with van der Waals surface area (Å²) in [4.78, 5) is 29.3. The molecule has 0 aliphatic heterocycles. The molecule has 0 radical (unpaired) electrons. The molecule has 0 aliphatic carbocycles. The van der Waals surface area contributed by atoms with E-state index in [4.69, 9.17) is 0 Å². The molecule has 0 aromatic heterocycles.